The van der Waals surface area contributed by atoms with Gasteiger partial charge in [-0.15, -0.1) is 0 Å². The predicted molar refractivity (Wildman–Crippen MR) is 166 cm³/mol. The van der Waals surface area contributed by atoms with Crippen LogP contribution >= 0.6 is 0 Å². The van der Waals surface area contributed by atoms with Crippen LogP contribution in [0.4, 0.5) is 11.4 Å². The normalized spacial score (nSPS) is 33.1. The maximum Gasteiger partial charge on any atom is 0.338 e. The monoisotopic (exact) mass is 590 g/mol. The predicted octanol–water partition coefficient (Wildman–Crippen LogP) is 9.01. The maximum absolute atomic E-state index is 13.0. The zero-order valence-electron chi connectivity index (χ0n) is 26.4. The number of ether oxygens (including phenoxy) is 1. The molecule has 8 heteroatoms. The van der Waals surface area contributed by atoms with Crippen LogP contribution in [0.25, 0.3) is 0 Å². The molecule has 8 nitrogen and oxygen atoms in total. The van der Waals surface area contributed by atoms with Gasteiger partial charge in [-0.3, -0.25) is 20.2 Å². The van der Waals surface area contributed by atoms with E-state index in [1.54, 1.807) is 5.57 Å². The molecular formula is C35H46N2O6. The Morgan fingerprint density at radius 2 is 1.58 bits per heavy atom. The Morgan fingerprint density at radius 1 is 0.907 bits per heavy atom. The van der Waals surface area contributed by atoms with E-state index in [2.05, 4.69) is 65.8 Å². The number of esters is 1. The number of hydrogen-bond donors (Lipinski definition) is 0. The Hall–Kier alpha value is -3.29. The number of carbonyl (C=O) groups is 1. The number of hydrogen-bond acceptors (Lipinski definition) is 6. The highest BCUT2D eigenvalue weighted by molar-refractivity contribution is 5.91. The zero-order chi connectivity index (χ0) is 31.3. The topological polar surface area (TPSA) is 113 Å². The lowest BCUT2D eigenvalue weighted by molar-refractivity contribution is -0.394. The molecule has 3 saturated carbocycles. The number of carbonyl (C=O) groups excluding carboxylic acids is 1. The van der Waals surface area contributed by atoms with Crippen LogP contribution in [0.5, 0.6) is 0 Å². The lowest BCUT2D eigenvalue weighted by atomic mass is 9.50. The maximum atomic E-state index is 13.0. The van der Waals surface area contributed by atoms with Crippen molar-refractivity contribution in [3.05, 3.63) is 79.4 Å². The van der Waals surface area contributed by atoms with Gasteiger partial charge in [-0.05, 0) is 84.9 Å². The first-order valence-corrected chi connectivity index (χ1v) is 16.0. The van der Waals surface area contributed by atoms with Gasteiger partial charge in [0.05, 0.1) is 21.5 Å². The van der Waals surface area contributed by atoms with Gasteiger partial charge in [0, 0.05) is 18.6 Å². The van der Waals surface area contributed by atoms with Gasteiger partial charge in [0.2, 0.25) is 0 Å². The van der Waals surface area contributed by atoms with Gasteiger partial charge in [0.25, 0.3) is 11.4 Å². The van der Waals surface area contributed by atoms with Gasteiger partial charge in [-0.25, -0.2) is 4.79 Å². The van der Waals surface area contributed by atoms with E-state index in [4.69, 9.17) is 4.74 Å². The van der Waals surface area contributed by atoms with Crippen LogP contribution in [-0.2, 0) is 4.74 Å². The fourth-order valence-corrected chi connectivity index (χ4v) is 8.82. The van der Waals surface area contributed by atoms with Crippen molar-refractivity contribution in [2.24, 2.45) is 46.3 Å². The highest BCUT2D eigenvalue weighted by Crippen LogP contribution is 2.66. The van der Waals surface area contributed by atoms with Crippen molar-refractivity contribution in [1.29, 1.82) is 0 Å². The van der Waals surface area contributed by atoms with Gasteiger partial charge in [0.15, 0.2) is 0 Å². The minimum Gasteiger partial charge on any atom is -0.458 e. The number of fused-ring (bicyclic) bond motifs is 5. The van der Waals surface area contributed by atoms with E-state index in [-0.39, 0.29) is 17.1 Å². The molecule has 0 heterocycles. The minimum absolute atomic E-state index is 0.0228. The van der Waals surface area contributed by atoms with Crippen LogP contribution in [0.2, 0.25) is 0 Å². The van der Waals surface area contributed by atoms with E-state index in [1.165, 1.54) is 31.3 Å². The summed E-state index contributed by atoms with van der Waals surface area (Å²) < 4.78 is 5.80. The highest BCUT2D eigenvalue weighted by atomic mass is 16.6. The summed E-state index contributed by atoms with van der Waals surface area (Å²) >= 11 is 0. The average Bonchev–Trinajstić information content (AvgIpc) is 3.32. The van der Waals surface area contributed by atoms with Crippen molar-refractivity contribution >= 4 is 17.3 Å². The lowest BCUT2D eigenvalue weighted by Gasteiger charge is -2.55. The standard InChI is InChI=1S/C35H46N2O6/c1-21(2)22(3)7-8-23(4)30-11-12-31-29-10-9-25-19-28(13-15-34(25,5)32(29)14-16-35(30,31)6)43-33(38)24-17-26(36(39)40)20-27(18-24)37(41)42/h7-10,17-18,20-23,28,30-32H,11-16,19H2,1-6H3/b8-7+/t22-,23+,28-,30+,31-,32-,34+,35+/m0/s1. The number of allylic oxidation sites excluding steroid dienone is 5. The molecule has 1 aromatic carbocycles. The largest absolute Gasteiger partial charge is 0.458 e. The van der Waals surface area contributed by atoms with Crippen LogP contribution in [0.1, 0.15) is 96.8 Å². The molecule has 0 radical (unpaired) electrons. The summed E-state index contributed by atoms with van der Waals surface area (Å²) in [5, 5.41) is 22.6. The molecule has 43 heavy (non-hydrogen) atoms. The summed E-state index contributed by atoms with van der Waals surface area (Å²) in [6.45, 7) is 14.2. The number of nitro benzene ring substituents is 2. The third kappa shape index (κ3) is 5.69. The Kier molecular flexibility index (Phi) is 8.45. The first-order chi connectivity index (χ1) is 20.2. The van der Waals surface area contributed by atoms with Crippen molar-refractivity contribution in [3.63, 3.8) is 0 Å². The van der Waals surface area contributed by atoms with Gasteiger partial charge in [-0.2, -0.15) is 0 Å². The molecule has 232 valence electrons. The van der Waals surface area contributed by atoms with Crippen LogP contribution < -0.4 is 0 Å². The fourth-order valence-electron chi connectivity index (χ4n) is 8.82. The summed E-state index contributed by atoms with van der Waals surface area (Å²) in [5.41, 5.74) is 2.08. The molecule has 4 aliphatic rings. The number of benzene rings is 1. The van der Waals surface area contributed by atoms with Crippen LogP contribution in [-0.4, -0.2) is 21.9 Å². The smallest absolute Gasteiger partial charge is 0.338 e. The first kappa shape index (κ1) is 31.1. The van der Waals surface area contributed by atoms with Gasteiger partial charge >= 0.3 is 5.97 Å². The van der Waals surface area contributed by atoms with Gasteiger partial charge in [0.1, 0.15) is 6.10 Å². The number of rotatable bonds is 8. The van der Waals surface area contributed by atoms with E-state index in [0.717, 1.165) is 24.6 Å². The van der Waals surface area contributed by atoms with Gasteiger partial charge in [-0.1, -0.05) is 77.0 Å². The van der Waals surface area contributed by atoms with Crippen molar-refractivity contribution in [3.8, 4) is 0 Å². The summed E-state index contributed by atoms with van der Waals surface area (Å²) in [4.78, 5) is 34.1. The highest BCUT2D eigenvalue weighted by Gasteiger charge is 2.57. The number of nitro groups is 2. The molecule has 0 unspecified atom stereocenters. The second kappa shape index (κ2) is 11.7. The number of nitrogens with zero attached hydrogens (tertiary/aromatic N) is 2. The van der Waals surface area contributed by atoms with E-state index >= 15 is 0 Å². The van der Waals surface area contributed by atoms with Gasteiger partial charge < -0.3 is 4.74 Å². The first-order valence-electron chi connectivity index (χ1n) is 16.0. The van der Waals surface area contributed by atoms with Crippen molar-refractivity contribution in [2.45, 2.75) is 92.6 Å². The molecule has 4 aliphatic carbocycles. The zero-order valence-corrected chi connectivity index (χ0v) is 26.4. The number of non-ortho nitro benzene ring substituents is 2. The molecule has 5 rings (SSSR count). The molecule has 1 aromatic rings. The summed E-state index contributed by atoms with van der Waals surface area (Å²) in [5.74, 6) is 2.83. The average molecular weight is 591 g/mol. The Morgan fingerprint density at radius 3 is 2.21 bits per heavy atom. The molecule has 0 N–H and O–H groups in total. The second-order valence-electron chi connectivity index (χ2n) is 14.5. The molecule has 3 fully saturated rings. The van der Waals surface area contributed by atoms with E-state index in [9.17, 15) is 25.0 Å². The van der Waals surface area contributed by atoms with E-state index in [1.807, 2.05) is 0 Å². The van der Waals surface area contributed by atoms with E-state index < -0.39 is 27.2 Å². The Labute approximate surface area is 255 Å². The molecule has 0 saturated heterocycles. The summed E-state index contributed by atoms with van der Waals surface area (Å²) in [6, 6.07) is 2.95. The molecule has 0 aliphatic heterocycles. The molecule has 0 spiro atoms. The third-order valence-electron chi connectivity index (χ3n) is 11.8. The summed E-state index contributed by atoms with van der Waals surface area (Å²) in [7, 11) is 0. The van der Waals surface area contributed by atoms with Crippen molar-refractivity contribution in [1.82, 2.24) is 0 Å². The Bertz CT molecular complexity index is 1360. The quantitative estimate of drug-likeness (QED) is 0.129. The summed E-state index contributed by atoms with van der Waals surface area (Å²) in [6.07, 6.45) is 16.3. The van der Waals surface area contributed by atoms with Crippen LogP contribution in [0.15, 0.2) is 53.6 Å². The van der Waals surface area contributed by atoms with E-state index in [0.29, 0.717) is 53.8 Å². The SMILES string of the molecule is CC(C)[C@@H](C)/C=C/[C@@H](C)[C@H]1CC[C@H]2C3=CC=C4C[C@@H](OC(=O)c5cc([N+](=O)[O-])cc([N+](=O)[O-])c5)CC[C@@]4(C)[C@H]3CC[C@]12C. The molecule has 0 amide bonds. The Balaban J connectivity index is 1.31. The molecular weight excluding hydrogens is 544 g/mol. The van der Waals surface area contributed by atoms with Crippen LogP contribution in [0.3, 0.4) is 0 Å². The lowest BCUT2D eigenvalue weighted by Crippen LogP contribution is -2.46. The molecule has 0 aromatic heterocycles. The molecule has 8 atom stereocenters. The third-order valence-corrected chi connectivity index (χ3v) is 11.8. The second-order valence-corrected chi connectivity index (χ2v) is 14.5. The molecule has 0 bridgehead atoms. The van der Waals surface area contributed by atoms with Crippen LogP contribution in [0, 0.1) is 66.6 Å². The minimum atomic E-state index is -0.760. The fraction of sp³-hybridized carbons (Fsp3) is 0.629. The van der Waals surface area contributed by atoms with Crippen molar-refractivity contribution in [2.75, 3.05) is 0 Å². The van der Waals surface area contributed by atoms with Crippen molar-refractivity contribution < 1.29 is 19.4 Å².